The molecule has 0 bridgehead atoms. The number of rotatable bonds is 8. The van der Waals surface area contributed by atoms with Gasteiger partial charge in [-0.05, 0) is 90.5 Å². The van der Waals surface area contributed by atoms with Crippen LogP contribution in [0.2, 0.25) is 0 Å². The maximum Gasteiger partial charge on any atom is 0.260 e. The molecular weight excluding hydrogens is 504 g/mol. The second-order valence-electron chi connectivity index (χ2n) is 12.2. The van der Waals surface area contributed by atoms with Crippen molar-refractivity contribution in [1.82, 2.24) is 9.97 Å². The number of aromatic nitrogens is 2. The van der Waals surface area contributed by atoms with E-state index in [9.17, 15) is 4.79 Å². The molecule has 1 aliphatic carbocycles. The van der Waals surface area contributed by atoms with Gasteiger partial charge in [-0.15, -0.1) is 11.3 Å². The quantitative estimate of drug-likeness (QED) is 0.228. The van der Waals surface area contributed by atoms with Crippen molar-refractivity contribution in [3.8, 4) is 22.9 Å². The lowest BCUT2D eigenvalue weighted by atomic mass is 9.72. The molecular formula is C33H40N2O3S. The van der Waals surface area contributed by atoms with E-state index in [-0.39, 0.29) is 11.0 Å². The van der Waals surface area contributed by atoms with Gasteiger partial charge >= 0.3 is 0 Å². The Morgan fingerprint density at radius 2 is 1.82 bits per heavy atom. The van der Waals surface area contributed by atoms with Crippen molar-refractivity contribution in [2.45, 2.75) is 73.1 Å². The summed E-state index contributed by atoms with van der Waals surface area (Å²) in [5.74, 6) is 3.42. The summed E-state index contributed by atoms with van der Waals surface area (Å²) in [4.78, 5) is 23.2. The van der Waals surface area contributed by atoms with Gasteiger partial charge in [0.05, 0.1) is 18.6 Å². The SMILES string of the molecule is Cc1ccc(C(C)C)c(OCCCOc2ccc(-c3nc4sc5c(c4c(=O)[nH]3)CC[C@@H](C(C)(C)C)C5)cc2)c1. The molecule has 2 aromatic carbocycles. The first-order valence-corrected chi connectivity index (χ1v) is 14.9. The summed E-state index contributed by atoms with van der Waals surface area (Å²) >= 11 is 1.70. The lowest BCUT2D eigenvalue weighted by molar-refractivity contribution is 0.218. The van der Waals surface area contributed by atoms with Gasteiger partial charge in [0.15, 0.2) is 0 Å². The summed E-state index contributed by atoms with van der Waals surface area (Å²) < 4.78 is 12.0. The summed E-state index contributed by atoms with van der Waals surface area (Å²) in [7, 11) is 0. The van der Waals surface area contributed by atoms with Crippen LogP contribution in [0.15, 0.2) is 47.3 Å². The van der Waals surface area contributed by atoms with Gasteiger partial charge in [0.1, 0.15) is 22.2 Å². The Morgan fingerprint density at radius 3 is 2.54 bits per heavy atom. The maximum absolute atomic E-state index is 13.1. The molecule has 0 saturated heterocycles. The summed E-state index contributed by atoms with van der Waals surface area (Å²) in [6.45, 7) is 14.6. The Labute approximate surface area is 235 Å². The van der Waals surface area contributed by atoms with Gasteiger partial charge in [0.25, 0.3) is 5.56 Å². The zero-order valence-corrected chi connectivity index (χ0v) is 24.8. The minimum atomic E-state index is -0.0312. The predicted octanol–water partition coefficient (Wildman–Crippen LogP) is 8.08. The van der Waals surface area contributed by atoms with E-state index in [0.29, 0.717) is 30.9 Å². The van der Waals surface area contributed by atoms with E-state index in [0.717, 1.165) is 53.0 Å². The number of thiophene rings is 1. The maximum atomic E-state index is 13.1. The first-order chi connectivity index (χ1) is 18.6. The van der Waals surface area contributed by atoms with Crippen LogP contribution in [0.1, 0.15) is 74.9 Å². The molecule has 0 amide bonds. The van der Waals surface area contributed by atoms with E-state index in [4.69, 9.17) is 14.5 Å². The van der Waals surface area contributed by atoms with Crippen LogP contribution in [0.25, 0.3) is 21.6 Å². The highest BCUT2D eigenvalue weighted by Gasteiger charge is 2.31. The van der Waals surface area contributed by atoms with E-state index in [1.165, 1.54) is 21.6 Å². The van der Waals surface area contributed by atoms with Crippen LogP contribution in [0, 0.1) is 18.3 Å². The van der Waals surface area contributed by atoms with Crippen LogP contribution >= 0.6 is 11.3 Å². The molecule has 1 N–H and O–H groups in total. The molecule has 39 heavy (non-hydrogen) atoms. The molecule has 206 valence electrons. The van der Waals surface area contributed by atoms with Gasteiger partial charge in [-0.3, -0.25) is 4.79 Å². The number of aryl methyl sites for hydroxylation is 2. The third kappa shape index (κ3) is 6.06. The second kappa shape index (κ2) is 11.2. The molecule has 2 heterocycles. The highest BCUT2D eigenvalue weighted by molar-refractivity contribution is 7.18. The molecule has 0 saturated carbocycles. The number of hydrogen-bond donors (Lipinski definition) is 1. The zero-order chi connectivity index (χ0) is 27.7. The third-order valence-corrected chi connectivity index (χ3v) is 9.03. The molecule has 1 aliphatic rings. The average molecular weight is 545 g/mol. The average Bonchev–Trinajstić information content (AvgIpc) is 3.26. The standard InChI is InChI=1S/C33H40N2O3S/c1-20(2)25-14-8-21(3)18-27(25)38-17-7-16-37-24-12-9-22(10-13-24)30-34-31(36)29-26-15-11-23(33(4,5)6)19-28(26)39-32(29)35-30/h8-10,12-14,18,20,23H,7,11,15-17,19H2,1-6H3,(H,34,35,36)/t23-/m1/s1. The number of hydrogen-bond acceptors (Lipinski definition) is 5. The van der Waals surface area contributed by atoms with E-state index in [2.05, 4.69) is 64.7 Å². The number of nitrogens with zero attached hydrogens (tertiary/aromatic N) is 1. The summed E-state index contributed by atoms with van der Waals surface area (Å²) in [5.41, 5.74) is 4.77. The van der Waals surface area contributed by atoms with E-state index < -0.39 is 0 Å². The van der Waals surface area contributed by atoms with Gasteiger partial charge < -0.3 is 14.5 Å². The Hall–Kier alpha value is -3.12. The monoisotopic (exact) mass is 544 g/mol. The summed E-state index contributed by atoms with van der Waals surface area (Å²) in [6, 6.07) is 14.2. The van der Waals surface area contributed by atoms with Crippen LogP contribution in [-0.2, 0) is 12.8 Å². The van der Waals surface area contributed by atoms with Gasteiger partial charge in [-0.25, -0.2) is 4.98 Å². The van der Waals surface area contributed by atoms with Crippen LogP contribution in [0.5, 0.6) is 11.5 Å². The van der Waals surface area contributed by atoms with Crippen molar-refractivity contribution < 1.29 is 9.47 Å². The second-order valence-corrected chi connectivity index (χ2v) is 13.3. The topological polar surface area (TPSA) is 64.2 Å². The molecule has 6 heteroatoms. The lowest BCUT2D eigenvalue weighted by Crippen LogP contribution is -2.26. The number of benzene rings is 2. The molecule has 1 atom stereocenters. The van der Waals surface area contributed by atoms with Gasteiger partial charge in [-0.2, -0.15) is 0 Å². The van der Waals surface area contributed by atoms with Gasteiger partial charge in [-0.1, -0.05) is 46.8 Å². The largest absolute Gasteiger partial charge is 0.493 e. The fourth-order valence-corrected chi connectivity index (χ4v) is 6.74. The van der Waals surface area contributed by atoms with E-state index >= 15 is 0 Å². The van der Waals surface area contributed by atoms with Crippen LogP contribution < -0.4 is 15.0 Å². The van der Waals surface area contributed by atoms with E-state index in [1.807, 2.05) is 24.3 Å². The number of aromatic amines is 1. The molecule has 5 nitrogen and oxygen atoms in total. The molecule has 0 spiro atoms. The van der Waals surface area contributed by atoms with Crippen molar-refractivity contribution in [3.63, 3.8) is 0 Å². The van der Waals surface area contributed by atoms with Crippen molar-refractivity contribution in [1.29, 1.82) is 0 Å². The van der Waals surface area contributed by atoms with E-state index in [1.54, 1.807) is 11.3 Å². The fourth-order valence-electron chi connectivity index (χ4n) is 5.44. The Morgan fingerprint density at radius 1 is 1.08 bits per heavy atom. The zero-order valence-electron chi connectivity index (χ0n) is 24.0. The van der Waals surface area contributed by atoms with Crippen molar-refractivity contribution in [2.75, 3.05) is 13.2 Å². The molecule has 0 unspecified atom stereocenters. The van der Waals surface area contributed by atoms with Crippen LogP contribution in [0.3, 0.4) is 0 Å². The Balaban J connectivity index is 1.21. The van der Waals surface area contributed by atoms with Crippen LogP contribution in [0.4, 0.5) is 0 Å². The van der Waals surface area contributed by atoms with Gasteiger partial charge in [0, 0.05) is 16.9 Å². The molecule has 2 aromatic heterocycles. The summed E-state index contributed by atoms with van der Waals surface area (Å²) in [6.07, 6.45) is 3.91. The molecule has 5 rings (SSSR count). The first kappa shape index (κ1) is 27.4. The highest BCUT2D eigenvalue weighted by Crippen LogP contribution is 2.42. The molecule has 0 fully saturated rings. The molecule has 4 aromatic rings. The van der Waals surface area contributed by atoms with Crippen molar-refractivity contribution in [3.05, 3.63) is 74.4 Å². The number of ether oxygens (including phenoxy) is 2. The molecule has 0 aliphatic heterocycles. The third-order valence-electron chi connectivity index (χ3n) is 7.88. The highest BCUT2D eigenvalue weighted by atomic mass is 32.1. The number of H-pyrrole nitrogens is 1. The van der Waals surface area contributed by atoms with Crippen LogP contribution in [-0.4, -0.2) is 23.2 Å². The van der Waals surface area contributed by atoms with Crippen molar-refractivity contribution in [2.24, 2.45) is 11.3 Å². The number of fused-ring (bicyclic) bond motifs is 3. The lowest BCUT2D eigenvalue weighted by Gasteiger charge is -2.33. The Kier molecular flexibility index (Phi) is 7.86. The minimum Gasteiger partial charge on any atom is -0.493 e. The number of nitrogens with one attached hydrogen (secondary N) is 1. The summed E-state index contributed by atoms with van der Waals surface area (Å²) in [5, 5.41) is 0.791. The normalized spacial score (nSPS) is 15.5. The minimum absolute atomic E-state index is 0.0312. The van der Waals surface area contributed by atoms with Gasteiger partial charge in [0.2, 0.25) is 0 Å². The first-order valence-electron chi connectivity index (χ1n) is 14.1. The fraction of sp³-hybridized carbons (Fsp3) is 0.455. The molecule has 0 radical (unpaired) electrons. The smallest absolute Gasteiger partial charge is 0.260 e. The van der Waals surface area contributed by atoms with Crippen molar-refractivity contribution >= 4 is 21.6 Å². The Bertz CT molecular complexity index is 1510. The predicted molar refractivity (Wildman–Crippen MR) is 162 cm³/mol.